The Morgan fingerprint density at radius 2 is 1.80 bits per heavy atom. The van der Waals surface area contributed by atoms with Crippen molar-refractivity contribution in [1.29, 1.82) is 0 Å². The molecule has 90 valence electrons. The molecule has 1 rings (SSSR count). The number of hydrogen-bond acceptors (Lipinski definition) is 2. The lowest BCUT2D eigenvalue weighted by Gasteiger charge is -2.26. The molecule has 0 spiro atoms. The smallest absolute Gasteiger partial charge is 0.212 e. The summed E-state index contributed by atoms with van der Waals surface area (Å²) in [6, 6.07) is 0. The number of rotatable bonds is 5. The summed E-state index contributed by atoms with van der Waals surface area (Å²) >= 11 is 0. The summed E-state index contributed by atoms with van der Waals surface area (Å²) < 4.78 is 25.0. The van der Waals surface area contributed by atoms with Crippen molar-refractivity contribution in [3.63, 3.8) is 0 Å². The maximum atomic E-state index is 11.7. The first kappa shape index (κ1) is 13.0. The van der Waals surface area contributed by atoms with Crippen molar-refractivity contribution in [1.82, 2.24) is 4.31 Å². The summed E-state index contributed by atoms with van der Waals surface area (Å²) in [4.78, 5) is 0. The Hall–Kier alpha value is -0.0900. The van der Waals surface area contributed by atoms with Crippen LogP contribution in [0.25, 0.3) is 0 Å². The molecule has 0 saturated heterocycles. The molecule has 4 heteroatoms. The van der Waals surface area contributed by atoms with E-state index in [1.165, 1.54) is 32.1 Å². The molecule has 0 bridgehead atoms. The molecule has 0 amide bonds. The highest BCUT2D eigenvalue weighted by Crippen LogP contribution is 2.24. The molecule has 1 saturated carbocycles. The Bertz CT molecular complexity index is 268. The predicted octanol–water partition coefficient (Wildman–Crippen LogP) is 2.24. The third kappa shape index (κ3) is 4.11. The second-order valence-corrected chi connectivity index (χ2v) is 6.80. The number of sulfonamides is 1. The van der Waals surface area contributed by atoms with Gasteiger partial charge in [-0.1, -0.05) is 26.2 Å². The molecule has 1 aliphatic carbocycles. The van der Waals surface area contributed by atoms with Crippen molar-refractivity contribution in [2.75, 3.05) is 19.3 Å². The van der Waals surface area contributed by atoms with Gasteiger partial charge in [0.1, 0.15) is 0 Å². The maximum Gasteiger partial charge on any atom is 0.213 e. The van der Waals surface area contributed by atoms with Crippen molar-refractivity contribution >= 4 is 10.0 Å². The van der Waals surface area contributed by atoms with Gasteiger partial charge in [0.15, 0.2) is 0 Å². The van der Waals surface area contributed by atoms with Gasteiger partial charge in [0.2, 0.25) is 10.0 Å². The van der Waals surface area contributed by atoms with Gasteiger partial charge >= 0.3 is 0 Å². The highest BCUT2D eigenvalue weighted by atomic mass is 32.2. The first-order valence-electron chi connectivity index (χ1n) is 6.00. The summed E-state index contributed by atoms with van der Waals surface area (Å²) in [5.74, 6) is 0.881. The van der Waals surface area contributed by atoms with Crippen LogP contribution >= 0.6 is 0 Å². The Balaban J connectivity index is 2.43. The van der Waals surface area contributed by atoms with E-state index in [0.29, 0.717) is 12.3 Å². The van der Waals surface area contributed by atoms with Gasteiger partial charge in [-0.05, 0) is 25.2 Å². The van der Waals surface area contributed by atoms with Crippen molar-refractivity contribution in [3.8, 4) is 0 Å². The molecule has 0 N–H and O–H groups in total. The maximum absolute atomic E-state index is 11.7. The van der Waals surface area contributed by atoms with Crippen LogP contribution in [0.5, 0.6) is 0 Å². The zero-order valence-corrected chi connectivity index (χ0v) is 10.7. The zero-order valence-electron chi connectivity index (χ0n) is 9.91. The van der Waals surface area contributed by atoms with Crippen LogP contribution in [-0.4, -0.2) is 32.1 Å². The van der Waals surface area contributed by atoms with Crippen molar-refractivity contribution in [3.05, 3.63) is 0 Å². The van der Waals surface area contributed by atoms with E-state index in [9.17, 15) is 8.42 Å². The van der Waals surface area contributed by atoms with Crippen molar-refractivity contribution in [2.24, 2.45) is 5.92 Å². The van der Waals surface area contributed by atoms with Crippen LogP contribution in [0, 0.1) is 5.92 Å². The van der Waals surface area contributed by atoms with Gasteiger partial charge in [0.05, 0.1) is 5.75 Å². The first-order valence-corrected chi connectivity index (χ1v) is 7.61. The van der Waals surface area contributed by atoms with Crippen LogP contribution in [0.3, 0.4) is 0 Å². The minimum Gasteiger partial charge on any atom is -0.212 e. The normalized spacial score (nSPS) is 19.7. The van der Waals surface area contributed by atoms with Gasteiger partial charge in [-0.2, -0.15) is 0 Å². The lowest BCUT2D eigenvalue weighted by Crippen LogP contribution is -2.34. The molecule has 0 radical (unpaired) electrons. The van der Waals surface area contributed by atoms with E-state index in [1.54, 1.807) is 11.4 Å². The SMILES string of the molecule is CCCS(=O)(=O)N(C)CC1CCCCC1. The van der Waals surface area contributed by atoms with Crippen LogP contribution < -0.4 is 0 Å². The fourth-order valence-electron chi connectivity index (χ4n) is 2.26. The van der Waals surface area contributed by atoms with Gasteiger partial charge in [-0.25, -0.2) is 12.7 Å². The molecule has 1 aliphatic rings. The number of nitrogens with zero attached hydrogens (tertiary/aromatic N) is 1. The molecule has 0 aromatic rings. The van der Waals surface area contributed by atoms with E-state index in [2.05, 4.69) is 0 Å². The molecule has 0 atom stereocenters. The van der Waals surface area contributed by atoms with E-state index >= 15 is 0 Å². The fourth-order valence-corrected chi connectivity index (χ4v) is 3.53. The van der Waals surface area contributed by atoms with Crippen LogP contribution in [0.4, 0.5) is 0 Å². The molecule has 0 heterocycles. The quantitative estimate of drug-likeness (QED) is 0.730. The van der Waals surface area contributed by atoms with Crippen molar-refractivity contribution < 1.29 is 8.42 Å². The average molecular weight is 233 g/mol. The molecule has 3 nitrogen and oxygen atoms in total. The Labute approximate surface area is 93.9 Å². The standard InChI is InChI=1S/C11H23NO2S/c1-3-9-15(13,14)12(2)10-11-7-5-4-6-8-11/h11H,3-10H2,1-2H3. The van der Waals surface area contributed by atoms with E-state index in [4.69, 9.17) is 0 Å². The van der Waals surface area contributed by atoms with E-state index in [0.717, 1.165) is 6.54 Å². The topological polar surface area (TPSA) is 37.4 Å². The largest absolute Gasteiger partial charge is 0.213 e. The predicted molar refractivity (Wildman–Crippen MR) is 63.3 cm³/mol. The average Bonchev–Trinajstić information content (AvgIpc) is 2.19. The van der Waals surface area contributed by atoms with E-state index in [1.807, 2.05) is 6.92 Å². The van der Waals surface area contributed by atoms with Gasteiger partial charge < -0.3 is 0 Å². The molecule has 0 unspecified atom stereocenters. The van der Waals surface area contributed by atoms with Gasteiger partial charge in [0, 0.05) is 13.6 Å². The second kappa shape index (κ2) is 5.85. The third-order valence-electron chi connectivity index (χ3n) is 3.18. The molecular weight excluding hydrogens is 210 g/mol. The highest BCUT2D eigenvalue weighted by molar-refractivity contribution is 7.89. The Kier molecular flexibility index (Phi) is 5.06. The lowest BCUT2D eigenvalue weighted by molar-refractivity contribution is 0.300. The molecule has 0 aliphatic heterocycles. The molecule has 15 heavy (non-hydrogen) atoms. The Morgan fingerprint density at radius 3 is 2.33 bits per heavy atom. The van der Waals surface area contributed by atoms with E-state index in [-0.39, 0.29) is 5.75 Å². The van der Waals surface area contributed by atoms with Crippen LogP contribution in [0.15, 0.2) is 0 Å². The monoisotopic (exact) mass is 233 g/mol. The minimum absolute atomic E-state index is 0.288. The Morgan fingerprint density at radius 1 is 1.20 bits per heavy atom. The summed E-state index contributed by atoms with van der Waals surface area (Å²) in [5.41, 5.74) is 0. The zero-order chi connectivity index (χ0) is 11.3. The highest BCUT2D eigenvalue weighted by Gasteiger charge is 2.21. The summed E-state index contributed by atoms with van der Waals surface area (Å²) in [6.07, 6.45) is 6.97. The van der Waals surface area contributed by atoms with E-state index < -0.39 is 10.0 Å². The van der Waals surface area contributed by atoms with Crippen LogP contribution in [0.2, 0.25) is 0 Å². The number of hydrogen-bond donors (Lipinski definition) is 0. The molecule has 1 fully saturated rings. The van der Waals surface area contributed by atoms with Gasteiger partial charge in [0.25, 0.3) is 0 Å². The summed E-state index contributed by atoms with van der Waals surface area (Å²) in [6.45, 7) is 2.63. The third-order valence-corrected chi connectivity index (χ3v) is 5.20. The second-order valence-electron chi connectivity index (χ2n) is 4.60. The first-order chi connectivity index (χ1) is 7.06. The molecule has 0 aromatic heterocycles. The molecular formula is C11H23NO2S. The van der Waals surface area contributed by atoms with Crippen LogP contribution in [0.1, 0.15) is 45.4 Å². The fraction of sp³-hybridized carbons (Fsp3) is 1.00. The van der Waals surface area contributed by atoms with Gasteiger partial charge in [-0.15, -0.1) is 0 Å². The van der Waals surface area contributed by atoms with Gasteiger partial charge in [-0.3, -0.25) is 0 Å². The summed E-state index contributed by atoms with van der Waals surface area (Å²) in [7, 11) is -1.25. The lowest BCUT2D eigenvalue weighted by atomic mass is 9.89. The van der Waals surface area contributed by atoms with Crippen molar-refractivity contribution in [2.45, 2.75) is 45.4 Å². The minimum atomic E-state index is -2.98. The molecule has 0 aromatic carbocycles. The summed E-state index contributed by atoms with van der Waals surface area (Å²) in [5, 5.41) is 0. The van der Waals surface area contributed by atoms with Crippen LogP contribution in [-0.2, 0) is 10.0 Å².